The van der Waals surface area contributed by atoms with Gasteiger partial charge in [-0.3, -0.25) is 9.59 Å². The Morgan fingerprint density at radius 1 is 0.909 bits per heavy atom. The molecule has 0 N–H and O–H groups in total. The number of hydrogen-bond donors (Lipinski definition) is 0. The molecule has 11 heteroatoms. The summed E-state index contributed by atoms with van der Waals surface area (Å²) in [5, 5.41) is 4.54. The fourth-order valence-electron chi connectivity index (χ4n) is 2.84. The number of rotatable bonds is 5. The van der Waals surface area contributed by atoms with Gasteiger partial charge in [0.2, 0.25) is 0 Å². The lowest BCUT2D eigenvalue weighted by Crippen LogP contribution is -2.35. The summed E-state index contributed by atoms with van der Waals surface area (Å²) in [5.74, 6) is -1.03. The number of carbonyl (C=O) groups excluding carboxylic acids is 1. The maximum absolute atomic E-state index is 13.1. The van der Waals surface area contributed by atoms with Gasteiger partial charge in [0.25, 0.3) is 11.5 Å². The summed E-state index contributed by atoms with van der Waals surface area (Å²) in [7, 11) is 0. The van der Waals surface area contributed by atoms with Gasteiger partial charge < -0.3 is 4.57 Å². The summed E-state index contributed by atoms with van der Waals surface area (Å²) in [6.07, 6.45) is -7.46. The Balaban J connectivity index is 2.01. The second-order valence-corrected chi connectivity index (χ2v) is 6.76. The van der Waals surface area contributed by atoms with Gasteiger partial charge in [0.05, 0.1) is 17.5 Å². The number of pyridine rings is 1. The Morgan fingerprint density at radius 2 is 1.61 bits per heavy atom. The van der Waals surface area contributed by atoms with E-state index < -0.39 is 41.5 Å². The minimum Gasteiger partial charge on any atom is -0.306 e. The first-order chi connectivity index (χ1) is 15.5. The van der Waals surface area contributed by atoms with Crippen molar-refractivity contribution in [3.63, 3.8) is 0 Å². The largest absolute Gasteiger partial charge is 0.421 e. The van der Waals surface area contributed by atoms with Crippen LogP contribution in [-0.2, 0) is 23.7 Å². The van der Waals surface area contributed by atoms with Gasteiger partial charge in [0.15, 0.2) is 0 Å². The molecule has 1 heterocycles. The van der Waals surface area contributed by atoms with Crippen LogP contribution in [-0.4, -0.2) is 16.7 Å². The number of halogens is 6. The van der Waals surface area contributed by atoms with E-state index in [0.717, 1.165) is 24.4 Å². The molecule has 2 aromatic carbocycles. The predicted octanol–water partition coefficient (Wildman–Crippen LogP) is 4.95. The van der Waals surface area contributed by atoms with Crippen LogP contribution in [0.5, 0.6) is 0 Å². The monoisotopic (exact) mass is 467 g/mol. The molecule has 0 bridgehead atoms. The number of amides is 1. The van der Waals surface area contributed by atoms with Crippen LogP contribution in [0.1, 0.15) is 16.7 Å². The highest BCUT2D eigenvalue weighted by molar-refractivity contribution is 5.95. The van der Waals surface area contributed by atoms with Crippen LogP contribution >= 0.6 is 0 Å². The number of anilines is 1. The molecule has 172 valence electrons. The average Bonchev–Trinajstić information content (AvgIpc) is 2.75. The van der Waals surface area contributed by atoms with Crippen LogP contribution in [0.4, 0.5) is 32.0 Å². The van der Waals surface area contributed by atoms with E-state index in [-0.39, 0.29) is 5.69 Å². The summed E-state index contributed by atoms with van der Waals surface area (Å²) in [4.78, 5) is 25.1. The second kappa shape index (κ2) is 9.31. The molecular formula is C22H15F6N3O2. The molecule has 1 amide bonds. The third-order valence-electron chi connectivity index (χ3n) is 4.41. The van der Waals surface area contributed by atoms with Gasteiger partial charge in [-0.25, -0.2) is 0 Å². The van der Waals surface area contributed by atoms with Crippen molar-refractivity contribution in [2.75, 3.05) is 5.01 Å². The summed E-state index contributed by atoms with van der Waals surface area (Å²) in [6.45, 7) is -0.884. The summed E-state index contributed by atoms with van der Waals surface area (Å²) in [6, 6.07) is 13.5. The SMILES string of the molecule is O=C(Cn1cccc(C(F)(F)F)c1=O)N(/N=C/c1ccccc1)c1cccc(C(F)(F)F)c1. The molecule has 0 radical (unpaired) electrons. The summed E-state index contributed by atoms with van der Waals surface area (Å²) < 4.78 is 79.0. The zero-order valence-electron chi connectivity index (χ0n) is 16.6. The van der Waals surface area contributed by atoms with Gasteiger partial charge in [-0.15, -0.1) is 0 Å². The molecule has 0 atom stereocenters. The molecule has 0 aliphatic rings. The first kappa shape index (κ1) is 23.8. The minimum absolute atomic E-state index is 0.276. The van der Waals surface area contributed by atoms with E-state index in [4.69, 9.17) is 0 Å². The number of benzene rings is 2. The zero-order chi connectivity index (χ0) is 24.2. The van der Waals surface area contributed by atoms with Crippen molar-refractivity contribution in [2.24, 2.45) is 5.10 Å². The molecule has 0 spiro atoms. The first-order valence-corrected chi connectivity index (χ1v) is 9.33. The molecule has 0 unspecified atom stereocenters. The third kappa shape index (κ3) is 5.88. The topological polar surface area (TPSA) is 54.7 Å². The lowest BCUT2D eigenvalue weighted by Gasteiger charge is -2.19. The van der Waals surface area contributed by atoms with Gasteiger partial charge in [0.1, 0.15) is 12.1 Å². The van der Waals surface area contributed by atoms with Gasteiger partial charge in [0, 0.05) is 6.20 Å². The first-order valence-electron chi connectivity index (χ1n) is 9.33. The molecular weight excluding hydrogens is 452 g/mol. The van der Waals surface area contributed by atoms with E-state index in [9.17, 15) is 35.9 Å². The number of aromatic nitrogens is 1. The van der Waals surface area contributed by atoms with Gasteiger partial charge in [-0.05, 0) is 35.9 Å². The number of nitrogens with zero attached hydrogens (tertiary/aromatic N) is 3. The van der Waals surface area contributed by atoms with E-state index in [1.165, 1.54) is 12.3 Å². The Hall–Kier alpha value is -3.89. The number of carbonyl (C=O) groups is 1. The Labute approximate surface area is 183 Å². The normalized spacial score (nSPS) is 12.2. The summed E-state index contributed by atoms with van der Waals surface area (Å²) >= 11 is 0. The highest BCUT2D eigenvalue weighted by Crippen LogP contribution is 2.32. The lowest BCUT2D eigenvalue weighted by molar-refractivity contribution is -0.139. The van der Waals surface area contributed by atoms with Crippen molar-refractivity contribution in [2.45, 2.75) is 18.9 Å². The van der Waals surface area contributed by atoms with Gasteiger partial charge >= 0.3 is 12.4 Å². The standard InChI is InChI=1S/C22H15F6N3O2/c23-21(24,25)16-8-4-9-17(12-16)31(29-13-15-6-2-1-3-7-15)19(32)14-30-11-5-10-18(20(30)33)22(26,27)28/h1-13H,14H2/b29-13+. The maximum Gasteiger partial charge on any atom is 0.421 e. The predicted molar refractivity (Wildman–Crippen MR) is 109 cm³/mol. The molecule has 1 aromatic heterocycles. The number of hydrazone groups is 1. The van der Waals surface area contributed by atoms with E-state index in [1.54, 1.807) is 30.3 Å². The molecule has 0 saturated heterocycles. The number of alkyl halides is 6. The van der Waals surface area contributed by atoms with E-state index >= 15 is 0 Å². The number of hydrogen-bond acceptors (Lipinski definition) is 3. The molecule has 0 saturated carbocycles. The Bertz CT molecular complexity index is 1220. The average molecular weight is 467 g/mol. The molecule has 3 aromatic rings. The van der Waals surface area contributed by atoms with E-state index in [0.29, 0.717) is 27.3 Å². The highest BCUT2D eigenvalue weighted by atomic mass is 19.4. The fraction of sp³-hybridized carbons (Fsp3) is 0.136. The van der Waals surface area contributed by atoms with Crippen molar-refractivity contribution in [3.8, 4) is 0 Å². The van der Waals surface area contributed by atoms with Crippen molar-refractivity contribution in [3.05, 3.63) is 100.0 Å². The molecule has 3 rings (SSSR count). The van der Waals surface area contributed by atoms with Crippen LogP contribution in [0.15, 0.2) is 82.8 Å². The molecule has 0 aliphatic heterocycles. The van der Waals surface area contributed by atoms with Crippen LogP contribution < -0.4 is 10.6 Å². The van der Waals surface area contributed by atoms with Gasteiger partial charge in [-0.1, -0.05) is 36.4 Å². The maximum atomic E-state index is 13.1. The van der Waals surface area contributed by atoms with Crippen molar-refractivity contribution in [1.82, 2.24) is 4.57 Å². The quantitative estimate of drug-likeness (QED) is 0.303. The highest BCUT2D eigenvalue weighted by Gasteiger charge is 2.35. The lowest BCUT2D eigenvalue weighted by atomic mass is 10.2. The summed E-state index contributed by atoms with van der Waals surface area (Å²) in [5.41, 5.74) is -3.75. The molecule has 0 aliphatic carbocycles. The van der Waals surface area contributed by atoms with Crippen LogP contribution in [0.2, 0.25) is 0 Å². The van der Waals surface area contributed by atoms with Gasteiger partial charge in [-0.2, -0.15) is 36.5 Å². The second-order valence-electron chi connectivity index (χ2n) is 6.76. The molecule has 0 fully saturated rings. The molecule has 5 nitrogen and oxygen atoms in total. The fourth-order valence-corrected chi connectivity index (χ4v) is 2.84. The minimum atomic E-state index is -4.94. The van der Waals surface area contributed by atoms with E-state index in [2.05, 4.69) is 5.10 Å². The third-order valence-corrected chi connectivity index (χ3v) is 4.41. The van der Waals surface area contributed by atoms with Crippen LogP contribution in [0.25, 0.3) is 0 Å². The molecule has 33 heavy (non-hydrogen) atoms. The van der Waals surface area contributed by atoms with Crippen LogP contribution in [0.3, 0.4) is 0 Å². The zero-order valence-corrected chi connectivity index (χ0v) is 16.6. The van der Waals surface area contributed by atoms with Crippen molar-refractivity contribution in [1.29, 1.82) is 0 Å². The Kier molecular flexibility index (Phi) is 6.70. The van der Waals surface area contributed by atoms with Crippen LogP contribution in [0, 0.1) is 0 Å². The van der Waals surface area contributed by atoms with Crippen molar-refractivity contribution >= 4 is 17.8 Å². The van der Waals surface area contributed by atoms with Crippen molar-refractivity contribution < 1.29 is 31.1 Å². The Morgan fingerprint density at radius 3 is 2.24 bits per heavy atom. The van der Waals surface area contributed by atoms with E-state index in [1.807, 2.05) is 0 Å². The smallest absolute Gasteiger partial charge is 0.306 e.